The van der Waals surface area contributed by atoms with Crippen molar-refractivity contribution in [2.45, 2.75) is 45.6 Å². The zero-order valence-electron chi connectivity index (χ0n) is 10.9. The summed E-state index contributed by atoms with van der Waals surface area (Å²) in [5.74, 6) is 0.406. The number of aryl methyl sites for hydroxylation is 1. The van der Waals surface area contributed by atoms with Crippen LogP contribution in [0.15, 0.2) is 6.07 Å². The Morgan fingerprint density at radius 2 is 2.24 bits per heavy atom. The van der Waals surface area contributed by atoms with E-state index in [1.165, 1.54) is 0 Å². The molecule has 1 atom stereocenters. The largest absolute Gasteiger partial charge is 0.459 e. The van der Waals surface area contributed by atoms with Crippen LogP contribution in [0.1, 0.15) is 44.0 Å². The van der Waals surface area contributed by atoms with E-state index in [-0.39, 0.29) is 6.10 Å². The van der Waals surface area contributed by atoms with Crippen molar-refractivity contribution in [2.24, 2.45) is 0 Å². The van der Waals surface area contributed by atoms with Crippen molar-refractivity contribution in [3.05, 3.63) is 17.5 Å². The molecule has 2 heterocycles. The van der Waals surface area contributed by atoms with Crippen molar-refractivity contribution >= 4 is 0 Å². The number of ether oxygens (including phenoxy) is 1. The summed E-state index contributed by atoms with van der Waals surface area (Å²) in [6.07, 6.45) is 2.46. The normalized spacial score (nSPS) is 20.6. The molecular formula is C13H21N3O. The topological polar surface area (TPSA) is 47.0 Å². The molecule has 1 aromatic rings. The molecule has 17 heavy (non-hydrogen) atoms. The highest BCUT2D eigenvalue weighted by molar-refractivity contribution is 5.15. The van der Waals surface area contributed by atoms with Gasteiger partial charge in [0.15, 0.2) is 0 Å². The van der Waals surface area contributed by atoms with E-state index in [2.05, 4.69) is 29.1 Å². The summed E-state index contributed by atoms with van der Waals surface area (Å²) in [5.41, 5.74) is 2.03. The van der Waals surface area contributed by atoms with E-state index in [4.69, 9.17) is 4.74 Å². The first-order valence-corrected chi connectivity index (χ1v) is 6.38. The highest BCUT2D eigenvalue weighted by Crippen LogP contribution is 2.17. The first kappa shape index (κ1) is 12.3. The van der Waals surface area contributed by atoms with Gasteiger partial charge in [-0.1, -0.05) is 13.8 Å². The van der Waals surface area contributed by atoms with Crippen LogP contribution in [0.4, 0.5) is 0 Å². The fourth-order valence-corrected chi connectivity index (χ4v) is 1.98. The molecule has 1 saturated heterocycles. The minimum absolute atomic E-state index is 0.213. The van der Waals surface area contributed by atoms with Crippen molar-refractivity contribution in [1.82, 2.24) is 15.3 Å². The fraction of sp³-hybridized carbons (Fsp3) is 0.692. The summed E-state index contributed by atoms with van der Waals surface area (Å²) in [6, 6.07) is 2.55. The molecule has 1 aliphatic rings. The predicted molar refractivity (Wildman–Crippen MR) is 67.4 cm³/mol. The van der Waals surface area contributed by atoms with Crippen molar-refractivity contribution in [3.8, 4) is 6.01 Å². The van der Waals surface area contributed by atoms with Gasteiger partial charge in [0.25, 0.3) is 0 Å². The molecule has 1 fully saturated rings. The van der Waals surface area contributed by atoms with Crippen LogP contribution in [0, 0.1) is 6.92 Å². The number of nitrogens with one attached hydrogen (secondary N) is 1. The van der Waals surface area contributed by atoms with Crippen molar-refractivity contribution in [2.75, 3.05) is 13.1 Å². The zero-order valence-corrected chi connectivity index (χ0v) is 10.9. The molecule has 0 aromatic carbocycles. The molecular weight excluding hydrogens is 214 g/mol. The Morgan fingerprint density at radius 1 is 1.41 bits per heavy atom. The molecule has 2 rings (SSSR count). The van der Waals surface area contributed by atoms with E-state index in [1.54, 1.807) is 0 Å². The summed E-state index contributed by atoms with van der Waals surface area (Å²) < 4.78 is 5.84. The second-order valence-corrected chi connectivity index (χ2v) is 4.96. The molecule has 1 aromatic heterocycles. The summed E-state index contributed by atoms with van der Waals surface area (Å²) in [6.45, 7) is 8.24. The molecule has 1 N–H and O–H groups in total. The van der Waals surface area contributed by atoms with Gasteiger partial charge in [-0.25, -0.2) is 4.98 Å². The van der Waals surface area contributed by atoms with E-state index in [1.807, 2.05) is 13.0 Å². The highest BCUT2D eigenvalue weighted by Gasteiger charge is 2.16. The zero-order chi connectivity index (χ0) is 12.3. The molecule has 0 aliphatic carbocycles. The van der Waals surface area contributed by atoms with Gasteiger partial charge in [-0.15, -0.1) is 0 Å². The summed E-state index contributed by atoms with van der Waals surface area (Å²) in [7, 11) is 0. The van der Waals surface area contributed by atoms with Crippen LogP contribution in [0.5, 0.6) is 6.01 Å². The third kappa shape index (κ3) is 3.40. The van der Waals surface area contributed by atoms with Crippen molar-refractivity contribution < 1.29 is 4.74 Å². The Kier molecular flexibility index (Phi) is 3.94. The quantitative estimate of drug-likeness (QED) is 0.871. The lowest BCUT2D eigenvalue weighted by Gasteiger charge is -2.23. The fourth-order valence-electron chi connectivity index (χ4n) is 1.98. The van der Waals surface area contributed by atoms with Gasteiger partial charge >= 0.3 is 6.01 Å². The van der Waals surface area contributed by atoms with E-state index in [0.29, 0.717) is 11.9 Å². The van der Waals surface area contributed by atoms with E-state index in [0.717, 1.165) is 37.3 Å². The summed E-state index contributed by atoms with van der Waals surface area (Å²) >= 11 is 0. The lowest BCUT2D eigenvalue weighted by atomic mass is 10.1. The number of aromatic nitrogens is 2. The van der Waals surface area contributed by atoms with Gasteiger partial charge in [-0.2, -0.15) is 4.98 Å². The van der Waals surface area contributed by atoms with Crippen LogP contribution in [0.2, 0.25) is 0 Å². The first-order chi connectivity index (χ1) is 8.15. The van der Waals surface area contributed by atoms with E-state index in [9.17, 15) is 0 Å². The van der Waals surface area contributed by atoms with Crippen LogP contribution in [0.3, 0.4) is 0 Å². The van der Waals surface area contributed by atoms with Gasteiger partial charge in [-0.05, 0) is 38.3 Å². The maximum Gasteiger partial charge on any atom is 0.317 e. The van der Waals surface area contributed by atoms with Gasteiger partial charge in [-0.3, -0.25) is 0 Å². The maximum atomic E-state index is 5.84. The average molecular weight is 235 g/mol. The standard InChI is InChI=1S/C13H21N3O/c1-9(2)12-7-10(3)15-13(16-12)17-11-5-4-6-14-8-11/h7,9,11,14H,4-6,8H2,1-3H3/t11-/m0/s1. The molecule has 4 nitrogen and oxygen atoms in total. The lowest BCUT2D eigenvalue weighted by Crippen LogP contribution is -2.37. The Hall–Kier alpha value is -1.16. The van der Waals surface area contributed by atoms with Gasteiger partial charge in [0, 0.05) is 12.2 Å². The van der Waals surface area contributed by atoms with Crippen LogP contribution < -0.4 is 10.1 Å². The number of nitrogens with zero attached hydrogens (tertiary/aromatic N) is 2. The van der Waals surface area contributed by atoms with Gasteiger partial charge in [0.05, 0.1) is 5.69 Å². The molecule has 94 valence electrons. The number of hydrogen-bond acceptors (Lipinski definition) is 4. The van der Waals surface area contributed by atoms with Crippen molar-refractivity contribution in [1.29, 1.82) is 0 Å². The Balaban J connectivity index is 2.09. The Bertz CT molecular complexity index is 373. The molecule has 1 aliphatic heterocycles. The Morgan fingerprint density at radius 3 is 2.88 bits per heavy atom. The van der Waals surface area contributed by atoms with Gasteiger partial charge in [0.1, 0.15) is 6.10 Å². The first-order valence-electron chi connectivity index (χ1n) is 6.38. The predicted octanol–water partition coefficient (Wildman–Crippen LogP) is 2.04. The third-order valence-electron chi connectivity index (χ3n) is 2.97. The van der Waals surface area contributed by atoms with E-state index >= 15 is 0 Å². The van der Waals surface area contributed by atoms with Crippen molar-refractivity contribution in [3.63, 3.8) is 0 Å². The maximum absolute atomic E-state index is 5.84. The van der Waals surface area contributed by atoms with Crippen LogP contribution in [0.25, 0.3) is 0 Å². The van der Waals surface area contributed by atoms with Crippen LogP contribution >= 0.6 is 0 Å². The second-order valence-electron chi connectivity index (χ2n) is 4.96. The molecule has 0 saturated carbocycles. The second kappa shape index (κ2) is 5.45. The summed E-state index contributed by atoms with van der Waals surface area (Å²) in [5, 5.41) is 3.33. The number of hydrogen-bond donors (Lipinski definition) is 1. The molecule has 0 bridgehead atoms. The molecule has 0 amide bonds. The molecule has 0 radical (unpaired) electrons. The number of piperidine rings is 1. The van der Waals surface area contributed by atoms with Crippen LogP contribution in [-0.2, 0) is 0 Å². The molecule has 4 heteroatoms. The van der Waals surface area contributed by atoms with Gasteiger partial charge < -0.3 is 10.1 Å². The van der Waals surface area contributed by atoms with E-state index < -0.39 is 0 Å². The lowest BCUT2D eigenvalue weighted by molar-refractivity contribution is 0.152. The third-order valence-corrected chi connectivity index (χ3v) is 2.97. The molecule has 0 unspecified atom stereocenters. The minimum atomic E-state index is 0.213. The average Bonchev–Trinajstić information content (AvgIpc) is 2.29. The summed E-state index contributed by atoms with van der Waals surface area (Å²) in [4.78, 5) is 8.82. The smallest absolute Gasteiger partial charge is 0.317 e. The van der Waals surface area contributed by atoms with Gasteiger partial charge in [0.2, 0.25) is 0 Å². The highest BCUT2D eigenvalue weighted by atomic mass is 16.5. The number of rotatable bonds is 3. The molecule has 0 spiro atoms. The SMILES string of the molecule is Cc1cc(C(C)C)nc(O[C@H]2CCCNC2)n1. The van der Waals surface area contributed by atoms with Crippen LogP contribution in [-0.4, -0.2) is 29.2 Å². The monoisotopic (exact) mass is 235 g/mol. The minimum Gasteiger partial charge on any atom is -0.459 e. The Labute approximate surface area is 103 Å².